The second-order valence-electron chi connectivity index (χ2n) is 7.10. The van der Waals surface area contributed by atoms with Crippen LogP contribution in [0.2, 0.25) is 0 Å². The Morgan fingerprint density at radius 3 is 2.62 bits per heavy atom. The standard InChI is InChI=1S/C21H24FNO3/c1-15-4-9-19(12-16(15)2)26-14-21(25)10-3-11-23(13-21)20(24)17-5-7-18(22)8-6-17/h4-9,12,25H,3,10-11,13-14H2,1-2H3. The first-order valence-corrected chi connectivity index (χ1v) is 8.84. The molecule has 138 valence electrons. The lowest BCUT2D eigenvalue weighted by molar-refractivity contribution is -0.0532. The second kappa shape index (κ2) is 7.46. The van der Waals surface area contributed by atoms with E-state index in [4.69, 9.17) is 4.74 Å². The summed E-state index contributed by atoms with van der Waals surface area (Å²) in [6, 6.07) is 11.3. The van der Waals surface area contributed by atoms with Crippen molar-refractivity contribution in [2.45, 2.75) is 32.3 Å². The van der Waals surface area contributed by atoms with Gasteiger partial charge < -0.3 is 14.7 Å². The molecular formula is C21H24FNO3. The van der Waals surface area contributed by atoms with Crippen molar-refractivity contribution in [3.05, 3.63) is 65.0 Å². The van der Waals surface area contributed by atoms with Crippen LogP contribution < -0.4 is 4.74 Å². The first kappa shape index (κ1) is 18.4. The van der Waals surface area contributed by atoms with E-state index < -0.39 is 5.60 Å². The van der Waals surface area contributed by atoms with Crippen LogP contribution in [0.5, 0.6) is 5.75 Å². The van der Waals surface area contributed by atoms with Crippen LogP contribution in [0, 0.1) is 19.7 Å². The lowest BCUT2D eigenvalue weighted by Gasteiger charge is -2.39. The van der Waals surface area contributed by atoms with E-state index in [1.807, 2.05) is 32.0 Å². The summed E-state index contributed by atoms with van der Waals surface area (Å²) in [5, 5.41) is 10.9. The molecular weight excluding hydrogens is 333 g/mol. The Balaban J connectivity index is 1.65. The number of β-amino-alcohol motifs (C(OH)–C–C–N with tert-alkyl or cyclic N) is 1. The monoisotopic (exact) mass is 357 g/mol. The number of benzene rings is 2. The van der Waals surface area contributed by atoms with E-state index in [0.29, 0.717) is 30.7 Å². The summed E-state index contributed by atoms with van der Waals surface area (Å²) in [5.41, 5.74) is 1.65. The van der Waals surface area contributed by atoms with Crippen molar-refractivity contribution < 1.29 is 19.0 Å². The molecule has 0 radical (unpaired) electrons. The van der Waals surface area contributed by atoms with E-state index in [2.05, 4.69) is 0 Å². The average Bonchev–Trinajstić information content (AvgIpc) is 2.63. The van der Waals surface area contributed by atoms with E-state index in [-0.39, 0.29) is 24.9 Å². The molecule has 4 nitrogen and oxygen atoms in total. The number of nitrogens with zero attached hydrogens (tertiary/aromatic N) is 1. The molecule has 1 aliphatic heterocycles. The minimum Gasteiger partial charge on any atom is -0.491 e. The number of aliphatic hydroxyl groups is 1. The van der Waals surface area contributed by atoms with Gasteiger partial charge >= 0.3 is 0 Å². The number of aryl methyl sites for hydroxylation is 2. The zero-order chi connectivity index (χ0) is 18.7. The minimum atomic E-state index is -1.09. The smallest absolute Gasteiger partial charge is 0.253 e. The molecule has 1 N–H and O–H groups in total. The van der Waals surface area contributed by atoms with Crippen molar-refractivity contribution in [1.29, 1.82) is 0 Å². The van der Waals surface area contributed by atoms with Crippen LogP contribution >= 0.6 is 0 Å². The predicted octanol–water partition coefficient (Wildman–Crippen LogP) is 3.49. The maximum Gasteiger partial charge on any atom is 0.253 e. The Bertz CT molecular complexity index is 790. The summed E-state index contributed by atoms with van der Waals surface area (Å²) in [4.78, 5) is 14.2. The Kier molecular flexibility index (Phi) is 5.28. The number of carbonyl (C=O) groups excluding carboxylic acids is 1. The zero-order valence-electron chi connectivity index (χ0n) is 15.2. The summed E-state index contributed by atoms with van der Waals surface area (Å²) in [7, 11) is 0. The van der Waals surface area contributed by atoms with Crippen LogP contribution in [0.3, 0.4) is 0 Å². The van der Waals surface area contributed by atoms with Crippen molar-refractivity contribution in [1.82, 2.24) is 4.90 Å². The Hall–Kier alpha value is -2.40. The molecule has 1 atom stereocenters. The molecule has 1 aliphatic rings. The average molecular weight is 357 g/mol. The third kappa shape index (κ3) is 4.22. The summed E-state index contributed by atoms with van der Waals surface area (Å²) in [6.45, 7) is 4.95. The lowest BCUT2D eigenvalue weighted by Crippen LogP contribution is -2.53. The number of hydrogen-bond donors (Lipinski definition) is 1. The highest BCUT2D eigenvalue weighted by Gasteiger charge is 2.36. The Morgan fingerprint density at radius 2 is 1.92 bits per heavy atom. The molecule has 1 heterocycles. The molecule has 1 saturated heterocycles. The predicted molar refractivity (Wildman–Crippen MR) is 97.9 cm³/mol. The van der Waals surface area contributed by atoms with Crippen molar-refractivity contribution in [3.8, 4) is 5.75 Å². The molecule has 0 aromatic heterocycles. The van der Waals surface area contributed by atoms with Crippen LogP contribution in [-0.4, -0.2) is 41.2 Å². The van der Waals surface area contributed by atoms with Gasteiger partial charge in [0.15, 0.2) is 0 Å². The molecule has 0 saturated carbocycles. The molecule has 2 aromatic rings. The number of piperidine rings is 1. The van der Waals surface area contributed by atoms with Crippen molar-refractivity contribution >= 4 is 5.91 Å². The molecule has 1 amide bonds. The molecule has 0 spiro atoms. The third-order valence-corrected chi connectivity index (χ3v) is 4.92. The first-order chi connectivity index (χ1) is 12.4. The van der Waals surface area contributed by atoms with Crippen LogP contribution in [0.1, 0.15) is 34.3 Å². The molecule has 1 fully saturated rings. The first-order valence-electron chi connectivity index (χ1n) is 8.84. The Labute approximate surface area is 153 Å². The fourth-order valence-electron chi connectivity index (χ4n) is 3.20. The maximum absolute atomic E-state index is 13.0. The Morgan fingerprint density at radius 1 is 1.19 bits per heavy atom. The maximum atomic E-state index is 13.0. The van der Waals surface area contributed by atoms with E-state index in [1.54, 1.807) is 4.90 Å². The summed E-state index contributed by atoms with van der Waals surface area (Å²) in [5.74, 6) is 0.135. The second-order valence-corrected chi connectivity index (χ2v) is 7.10. The number of hydrogen-bond acceptors (Lipinski definition) is 3. The van der Waals surface area contributed by atoms with Gasteiger partial charge in [-0.2, -0.15) is 0 Å². The van der Waals surface area contributed by atoms with Gasteiger partial charge in [-0.1, -0.05) is 6.07 Å². The van der Waals surface area contributed by atoms with E-state index in [9.17, 15) is 14.3 Å². The van der Waals surface area contributed by atoms with Gasteiger partial charge in [0.2, 0.25) is 0 Å². The van der Waals surface area contributed by atoms with Gasteiger partial charge in [0.05, 0.1) is 6.54 Å². The fourth-order valence-corrected chi connectivity index (χ4v) is 3.20. The summed E-state index contributed by atoms with van der Waals surface area (Å²) in [6.07, 6.45) is 1.27. The molecule has 3 rings (SSSR count). The van der Waals surface area contributed by atoms with E-state index in [1.165, 1.54) is 29.8 Å². The zero-order valence-corrected chi connectivity index (χ0v) is 15.2. The lowest BCUT2D eigenvalue weighted by atomic mass is 9.93. The van der Waals surface area contributed by atoms with Crippen LogP contribution in [0.4, 0.5) is 4.39 Å². The van der Waals surface area contributed by atoms with Crippen LogP contribution in [0.25, 0.3) is 0 Å². The van der Waals surface area contributed by atoms with Crippen molar-refractivity contribution in [3.63, 3.8) is 0 Å². The third-order valence-electron chi connectivity index (χ3n) is 4.92. The van der Waals surface area contributed by atoms with E-state index >= 15 is 0 Å². The highest BCUT2D eigenvalue weighted by atomic mass is 19.1. The quantitative estimate of drug-likeness (QED) is 0.911. The van der Waals surface area contributed by atoms with Gasteiger partial charge in [-0.25, -0.2) is 4.39 Å². The number of amides is 1. The van der Waals surface area contributed by atoms with Crippen molar-refractivity contribution in [2.75, 3.05) is 19.7 Å². The molecule has 2 aromatic carbocycles. The fraction of sp³-hybridized carbons (Fsp3) is 0.381. The molecule has 1 unspecified atom stereocenters. The largest absolute Gasteiger partial charge is 0.491 e. The van der Waals surface area contributed by atoms with Gasteiger partial charge in [-0.3, -0.25) is 4.79 Å². The molecule has 5 heteroatoms. The number of rotatable bonds is 4. The highest BCUT2D eigenvalue weighted by Crippen LogP contribution is 2.25. The van der Waals surface area contributed by atoms with Crippen LogP contribution in [0.15, 0.2) is 42.5 Å². The van der Waals surface area contributed by atoms with Gasteiger partial charge in [0.1, 0.15) is 23.8 Å². The van der Waals surface area contributed by atoms with Gasteiger partial charge in [-0.15, -0.1) is 0 Å². The molecule has 26 heavy (non-hydrogen) atoms. The van der Waals surface area contributed by atoms with Gasteiger partial charge in [0.25, 0.3) is 5.91 Å². The minimum absolute atomic E-state index is 0.128. The SMILES string of the molecule is Cc1ccc(OCC2(O)CCCN(C(=O)c3ccc(F)cc3)C2)cc1C. The van der Waals surface area contributed by atoms with Crippen molar-refractivity contribution in [2.24, 2.45) is 0 Å². The topological polar surface area (TPSA) is 49.8 Å². The number of halogens is 1. The number of likely N-dealkylation sites (tertiary alicyclic amines) is 1. The van der Waals surface area contributed by atoms with Crippen LogP contribution in [-0.2, 0) is 0 Å². The molecule has 0 bridgehead atoms. The molecule has 0 aliphatic carbocycles. The number of carbonyl (C=O) groups is 1. The van der Waals surface area contributed by atoms with E-state index in [0.717, 1.165) is 5.56 Å². The van der Waals surface area contributed by atoms with Gasteiger partial charge in [0, 0.05) is 12.1 Å². The summed E-state index contributed by atoms with van der Waals surface area (Å²) >= 11 is 0. The highest BCUT2D eigenvalue weighted by molar-refractivity contribution is 5.94. The normalized spacial score (nSPS) is 20.1. The van der Waals surface area contributed by atoms with Gasteiger partial charge in [-0.05, 0) is 74.2 Å². The number of ether oxygens (including phenoxy) is 1. The summed E-state index contributed by atoms with van der Waals surface area (Å²) < 4.78 is 18.8.